The number of carbonyl (C=O) groups is 1. The normalized spacial score (nSPS) is 15.5. The fourth-order valence-electron chi connectivity index (χ4n) is 1.97. The Balaban J connectivity index is 2.19. The lowest BCUT2D eigenvalue weighted by molar-refractivity contribution is 0.0936. The molecule has 2 nitrogen and oxygen atoms in total. The van der Waals surface area contributed by atoms with Gasteiger partial charge in [-0.25, -0.2) is 0 Å². The van der Waals surface area contributed by atoms with Gasteiger partial charge in [0.2, 0.25) is 0 Å². The molecular weight excluding hydrogens is 259 g/mol. The van der Waals surface area contributed by atoms with Gasteiger partial charge in [0.05, 0.1) is 17.2 Å². The Hall–Kier alpha value is -0.730. The van der Waals surface area contributed by atoms with E-state index in [0.717, 1.165) is 12.8 Å². The van der Waals surface area contributed by atoms with Gasteiger partial charge in [0, 0.05) is 18.1 Å². The van der Waals surface area contributed by atoms with Crippen molar-refractivity contribution in [2.24, 2.45) is 5.92 Å². The van der Waals surface area contributed by atoms with E-state index in [4.69, 9.17) is 27.9 Å². The number of ether oxygens (including phenoxy) is 1. The Morgan fingerprint density at radius 1 is 1.35 bits per heavy atom. The minimum Gasteiger partial charge on any atom is -0.495 e. The topological polar surface area (TPSA) is 26.3 Å². The largest absolute Gasteiger partial charge is 0.495 e. The van der Waals surface area contributed by atoms with E-state index in [1.54, 1.807) is 12.1 Å². The first kappa shape index (κ1) is 12.7. The van der Waals surface area contributed by atoms with Gasteiger partial charge in [-0.2, -0.15) is 0 Å². The Morgan fingerprint density at radius 3 is 2.59 bits per heavy atom. The Bertz CT molecular complexity index is 439. The molecule has 4 heteroatoms. The molecule has 1 aromatic carbocycles. The molecule has 17 heavy (non-hydrogen) atoms. The second-order valence-corrected chi connectivity index (χ2v) is 5.21. The SMILES string of the molecule is COc1cc(Cl)c(C(=O)CC2CCC2)cc1Cl. The van der Waals surface area contributed by atoms with Crippen LogP contribution in [0, 0.1) is 5.92 Å². The average molecular weight is 273 g/mol. The summed E-state index contributed by atoms with van der Waals surface area (Å²) < 4.78 is 5.05. The van der Waals surface area contributed by atoms with Gasteiger partial charge in [0.15, 0.2) is 5.78 Å². The fourth-order valence-corrected chi connectivity index (χ4v) is 2.47. The summed E-state index contributed by atoms with van der Waals surface area (Å²) in [6, 6.07) is 3.20. The zero-order valence-electron chi connectivity index (χ0n) is 9.63. The first-order valence-corrected chi connectivity index (χ1v) is 6.43. The lowest BCUT2D eigenvalue weighted by Gasteiger charge is -2.24. The first-order valence-electron chi connectivity index (χ1n) is 5.68. The van der Waals surface area contributed by atoms with Crippen LogP contribution in [0.4, 0.5) is 0 Å². The minimum atomic E-state index is 0.0734. The van der Waals surface area contributed by atoms with Crippen molar-refractivity contribution in [3.63, 3.8) is 0 Å². The van der Waals surface area contributed by atoms with Crippen LogP contribution >= 0.6 is 23.2 Å². The Kier molecular flexibility index (Phi) is 3.95. The smallest absolute Gasteiger partial charge is 0.164 e. The molecule has 0 atom stereocenters. The van der Waals surface area contributed by atoms with Crippen molar-refractivity contribution in [3.05, 3.63) is 27.7 Å². The molecule has 0 aliphatic heterocycles. The van der Waals surface area contributed by atoms with Gasteiger partial charge in [0.25, 0.3) is 0 Å². The molecule has 1 aromatic rings. The van der Waals surface area contributed by atoms with Crippen LogP contribution in [0.3, 0.4) is 0 Å². The predicted molar refractivity (Wildman–Crippen MR) is 69.3 cm³/mol. The van der Waals surface area contributed by atoms with Crippen molar-refractivity contribution in [3.8, 4) is 5.75 Å². The summed E-state index contributed by atoms with van der Waals surface area (Å²) in [5, 5.41) is 0.837. The highest BCUT2D eigenvalue weighted by molar-refractivity contribution is 6.36. The molecule has 0 N–H and O–H groups in total. The monoisotopic (exact) mass is 272 g/mol. The maximum atomic E-state index is 12.0. The van der Waals surface area contributed by atoms with Crippen molar-refractivity contribution in [2.45, 2.75) is 25.7 Å². The van der Waals surface area contributed by atoms with Gasteiger partial charge < -0.3 is 4.74 Å². The third-order valence-corrected chi connectivity index (χ3v) is 3.85. The van der Waals surface area contributed by atoms with E-state index in [9.17, 15) is 4.79 Å². The summed E-state index contributed by atoms with van der Waals surface area (Å²) in [6.45, 7) is 0. The third kappa shape index (κ3) is 2.75. The van der Waals surface area contributed by atoms with Crippen molar-refractivity contribution >= 4 is 29.0 Å². The fraction of sp³-hybridized carbons (Fsp3) is 0.462. The van der Waals surface area contributed by atoms with Crippen LogP contribution in [-0.2, 0) is 0 Å². The maximum Gasteiger partial charge on any atom is 0.164 e. The molecule has 0 saturated heterocycles. The number of halogens is 2. The van der Waals surface area contributed by atoms with E-state index in [-0.39, 0.29) is 5.78 Å². The number of hydrogen-bond donors (Lipinski definition) is 0. The lowest BCUT2D eigenvalue weighted by Crippen LogP contribution is -2.16. The van der Waals surface area contributed by atoms with Gasteiger partial charge >= 0.3 is 0 Å². The Morgan fingerprint density at radius 2 is 2.06 bits per heavy atom. The molecule has 0 spiro atoms. The van der Waals surface area contributed by atoms with Crippen LogP contribution in [0.5, 0.6) is 5.75 Å². The molecule has 92 valence electrons. The number of rotatable bonds is 4. The number of Topliss-reactive ketones (excluding diaryl/α,β-unsaturated/α-hetero) is 1. The number of hydrogen-bond acceptors (Lipinski definition) is 2. The van der Waals surface area contributed by atoms with Crippen LogP contribution in [0.25, 0.3) is 0 Å². The molecule has 1 saturated carbocycles. The number of benzene rings is 1. The van der Waals surface area contributed by atoms with Crippen LogP contribution in [0.2, 0.25) is 10.0 Å². The second kappa shape index (κ2) is 5.28. The molecule has 0 heterocycles. The van der Waals surface area contributed by atoms with Gasteiger partial charge in [-0.05, 0) is 12.0 Å². The summed E-state index contributed by atoms with van der Waals surface area (Å²) in [7, 11) is 1.52. The maximum absolute atomic E-state index is 12.0. The third-order valence-electron chi connectivity index (χ3n) is 3.24. The van der Waals surface area contributed by atoms with Gasteiger partial charge in [-0.1, -0.05) is 42.5 Å². The molecule has 1 aliphatic rings. The molecular formula is C13H14Cl2O2. The van der Waals surface area contributed by atoms with Gasteiger partial charge in [-0.3, -0.25) is 4.79 Å². The van der Waals surface area contributed by atoms with Crippen LogP contribution < -0.4 is 4.74 Å². The van der Waals surface area contributed by atoms with Gasteiger partial charge in [0.1, 0.15) is 5.75 Å². The zero-order valence-corrected chi connectivity index (χ0v) is 11.1. The van der Waals surface area contributed by atoms with Crippen molar-refractivity contribution in [1.82, 2.24) is 0 Å². The molecule has 0 unspecified atom stereocenters. The number of methoxy groups -OCH3 is 1. The highest BCUT2D eigenvalue weighted by Gasteiger charge is 2.23. The number of carbonyl (C=O) groups excluding carboxylic acids is 1. The average Bonchev–Trinajstić information content (AvgIpc) is 2.25. The molecule has 0 amide bonds. The summed E-state index contributed by atoms with van der Waals surface area (Å²) in [5.41, 5.74) is 0.504. The van der Waals surface area contributed by atoms with Crippen LogP contribution in [0.15, 0.2) is 12.1 Å². The zero-order chi connectivity index (χ0) is 12.4. The lowest BCUT2D eigenvalue weighted by atomic mass is 9.81. The highest BCUT2D eigenvalue weighted by atomic mass is 35.5. The van der Waals surface area contributed by atoms with Crippen molar-refractivity contribution < 1.29 is 9.53 Å². The molecule has 0 bridgehead atoms. The van der Waals surface area contributed by atoms with Crippen molar-refractivity contribution in [1.29, 1.82) is 0 Å². The standard InChI is InChI=1S/C13H14Cl2O2/c1-17-13-7-10(14)9(6-11(13)15)12(16)5-8-3-2-4-8/h6-8H,2-5H2,1H3. The van der Waals surface area contributed by atoms with Crippen molar-refractivity contribution in [2.75, 3.05) is 7.11 Å². The van der Waals surface area contributed by atoms with Crippen LogP contribution in [-0.4, -0.2) is 12.9 Å². The van der Waals surface area contributed by atoms with Crippen LogP contribution in [0.1, 0.15) is 36.0 Å². The summed E-state index contributed by atoms with van der Waals surface area (Å²) in [5.74, 6) is 1.10. The first-order chi connectivity index (χ1) is 8.11. The van der Waals surface area contributed by atoms with E-state index in [0.29, 0.717) is 33.7 Å². The van der Waals surface area contributed by atoms with E-state index in [2.05, 4.69) is 0 Å². The highest BCUT2D eigenvalue weighted by Crippen LogP contribution is 2.34. The summed E-state index contributed by atoms with van der Waals surface area (Å²) in [6.07, 6.45) is 4.10. The number of ketones is 1. The molecule has 0 radical (unpaired) electrons. The quantitative estimate of drug-likeness (QED) is 0.761. The van der Waals surface area contributed by atoms with Gasteiger partial charge in [-0.15, -0.1) is 0 Å². The summed E-state index contributed by atoms with van der Waals surface area (Å²) in [4.78, 5) is 12.0. The van der Waals surface area contributed by atoms with E-state index < -0.39 is 0 Å². The molecule has 1 aliphatic carbocycles. The molecule has 1 fully saturated rings. The van der Waals surface area contributed by atoms with E-state index >= 15 is 0 Å². The molecule has 2 rings (SSSR count). The van der Waals surface area contributed by atoms with E-state index in [1.807, 2.05) is 0 Å². The minimum absolute atomic E-state index is 0.0734. The summed E-state index contributed by atoms with van der Waals surface area (Å²) >= 11 is 12.1. The second-order valence-electron chi connectivity index (χ2n) is 4.39. The predicted octanol–water partition coefficient (Wildman–Crippen LogP) is 4.37. The van der Waals surface area contributed by atoms with E-state index in [1.165, 1.54) is 13.5 Å². The Labute approximate surface area is 111 Å². The molecule has 0 aromatic heterocycles.